The van der Waals surface area contributed by atoms with Crippen LogP contribution in [0.4, 0.5) is 0 Å². The molecule has 30 heavy (non-hydrogen) atoms. The summed E-state index contributed by atoms with van der Waals surface area (Å²) in [4.78, 5) is 17.7. The molecular weight excluding hydrogens is 370 g/mol. The van der Waals surface area contributed by atoms with E-state index in [0.717, 1.165) is 25.7 Å². The van der Waals surface area contributed by atoms with Crippen molar-refractivity contribution in [1.82, 2.24) is 9.80 Å². The molecule has 1 amide bonds. The first-order valence-corrected chi connectivity index (χ1v) is 11.2. The largest absolute Gasteiger partial charge is 0.342 e. The summed E-state index contributed by atoms with van der Waals surface area (Å²) in [6.07, 6.45) is 4.11. The van der Waals surface area contributed by atoms with Crippen LogP contribution in [0.2, 0.25) is 0 Å². The summed E-state index contributed by atoms with van der Waals surface area (Å²) in [6.45, 7) is 2.49. The van der Waals surface area contributed by atoms with Crippen molar-refractivity contribution < 1.29 is 4.79 Å². The Morgan fingerprint density at radius 2 is 1.53 bits per heavy atom. The van der Waals surface area contributed by atoms with E-state index in [9.17, 15) is 4.79 Å². The summed E-state index contributed by atoms with van der Waals surface area (Å²) in [6, 6.07) is 21.3. The van der Waals surface area contributed by atoms with Crippen LogP contribution in [0, 0.1) is 5.92 Å². The fourth-order valence-corrected chi connectivity index (χ4v) is 5.16. The van der Waals surface area contributed by atoms with Crippen molar-refractivity contribution in [2.45, 2.75) is 50.1 Å². The smallest absolute Gasteiger partial charge is 0.227 e. The van der Waals surface area contributed by atoms with Crippen LogP contribution in [-0.2, 0) is 10.3 Å². The summed E-state index contributed by atoms with van der Waals surface area (Å²) in [5, 5.41) is 0. The van der Waals surface area contributed by atoms with Gasteiger partial charge in [-0.2, -0.15) is 0 Å². The van der Waals surface area contributed by atoms with Crippen molar-refractivity contribution in [3.05, 3.63) is 71.8 Å². The van der Waals surface area contributed by atoms with Gasteiger partial charge in [0, 0.05) is 25.2 Å². The minimum Gasteiger partial charge on any atom is -0.342 e. The van der Waals surface area contributed by atoms with Gasteiger partial charge in [-0.25, -0.2) is 0 Å². The Bertz CT molecular complexity index is 798. The number of carbonyl (C=O) groups is 1. The Morgan fingerprint density at radius 3 is 2.03 bits per heavy atom. The van der Waals surface area contributed by atoms with E-state index in [1.807, 2.05) is 30.1 Å². The standard InChI is InChI=1S/C26H37N3O/c1-20(21-11-7-5-8-12-21)24(19-27)25(30)29(4)23-15-17-26(18-16-23,28(2)3)22-13-9-6-10-14-22/h5-14,20,23-24H,15-19,27H2,1-4H3/t20-,23?,24+,26?/m0/s1. The zero-order valence-electron chi connectivity index (χ0n) is 18.9. The third-order valence-electron chi connectivity index (χ3n) is 7.34. The van der Waals surface area contributed by atoms with Crippen molar-refractivity contribution in [3.8, 4) is 0 Å². The average molecular weight is 408 g/mol. The van der Waals surface area contributed by atoms with Crippen molar-refractivity contribution in [2.24, 2.45) is 11.7 Å². The zero-order chi connectivity index (χ0) is 21.7. The van der Waals surface area contributed by atoms with Crippen LogP contribution in [0.3, 0.4) is 0 Å². The molecule has 4 nitrogen and oxygen atoms in total. The maximum Gasteiger partial charge on any atom is 0.227 e. The summed E-state index contributed by atoms with van der Waals surface area (Å²) < 4.78 is 0. The van der Waals surface area contributed by atoms with Gasteiger partial charge in [-0.1, -0.05) is 67.6 Å². The third kappa shape index (κ3) is 4.45. The quantitative estimate of drug-likeness (QED) is 0.747. The molecule has 4 heteroatoms. The Labute approximate surface area is 182 Å². The van der Waals surface area contributed by atoms with Gasteiger partial charge in [-0.15, -0.1) is 0 Å². The van der Waals surface area contributed by atoms with E-state index < -0.39 is 0 Å². The first-order valence-electron chi connectivity index (χ1n) is 11.2. The van der Waals surface area contributed by atoms with Gasteiger partial charge in [0.2, 0.25) is 5.91 Å². The molecule has 2 N–H and O–H groups in total. The van der Waals surface area contributed by atoms with Gasteiger partial charge in [-0.3, -0.25) is 9.69 Å². The minimum absolute atomic E-state index is 0.0479. The maximum absolute atomic E-state index is 13.4. The van der Waals surface area contributed by atoms with Crippen LogP contribution in [0.15, 0.2) is 60.7 Å². The molecule has 1 saturated carbocycles. The molecule has 0 aromatic heterocycles. The number of nitrogens with two attached hydrogens (primary N) is 1. The highest BCUT2D eigenvalue weighted by molar-refractivity contribution is 5.80. The normalized spacial score (nSPS) is 23.7. The molecule has 1 aliphatic rings. The fraction of sp³-hybridized carbons (Fsp3) is 0.500. The summed E-state index contributed by atoms with van der Waals surface area (Å²) in [7, 11) is 6.32. The van der Waals surface area contributed by atoms with E-state index in [0.29, 0.717) is 6.54 Å². The lowest BCUT2D eigenvalue weighted by Gasteiger charge is -2.47. The molecule has 1 fully saturated rings. The van der Waals surface area contributed by atoms with Crippen LogP contribution in [0.1, 0.15) is 49.7 Å². The van der Waals surface area contributed by atoms with Crippen molar-refractivity contribution in [3.63, 3.8) is 0 Å². The molecule has 162 valence electrons. The number of benzene rings is 2. The van der Waals surface area contributed by atoms with Crippen LogP contribution in [0.25, 0.3) is 0 Å². The van der Waals surface area contributed by atoms with Crippen LogP contribution < -0.4 is 5.73 Å². The average Bonchev–Trinajstić information content (AvgIpc) is 2.80. The molecule has 3 rings (SSSR count). The lowest BCUT2D eigenvalue weighted by molar-refractivity contribution is -0.138. The first kappa shape index (κ1) is 22.5. The molecule has 0 heterocycles. The van der Waals surface area contributed by atoms with Gasteiger partial charge in [0.15, 0.2) is 0 Å². The van der Waals surface area contributed by atoms with Gasteiger partial charge < -0.3 is 10.6 Å². The van der Waals surface area contributed by atoms with Crippen LogP contribution >= 0.6 is 0 Å². The molecule has 0 radical (unpaired) electrons. The van der Waals surface area contributed by atoms with E-state index >= 15 is 0 Å². The predicted octanol–water partition coefficient (Wildman–Crippen LogP) is 4.22. The zero-order valence-corrected chi connectivity index (χ0v) is 18.9. The molecular formula is C26H37N3O. The third-order valence-corrected chi connectivity index (χ3v) is 7.34. The maximum atomic E-state index is 13.4. The van der Waals surface area contributed by atoms with Gasteiger partial charge >= 0.3 is 0 Å². The molecule has 0 bridgehead atoms. The predicted molar refractivity (Wildman–Crippen MR) is 124 cm³/mol. The number of amides is 1. The van der Waals surface area contributed by atoms with Gasteiger partial charge in [0.25, 0.3) is 0 Å². The van der Waals surface area contributed by atoms with E-state index in [4.69, 9.17) is 5.73 Å². The summed E-state index contributed by atoms with van der Waals surface area (Å²) >= 11 is 0. The molecule has 0 saturated heterocycles. The monoisotopic (exact) mass is 407 g/mol. The Morgan fingerprint density at radius 1 is 1.00 bits per heavy atom. The van der Waals surface area contributed by atoms with E-state index in [1.54, 1.807) is 0 Å². The molecule has 2 atom stereocenters. The Kier molecular flexibility index (Phi) is 7.32. The number of carbonyl (C=O) groups excluding carboxylic acids is 1. The lowest BCUT2D eigenvalue weighted by Crippen LogP contribution is -2.50. The van der Waals surface area contributed by atoms with Crippen molar-refractivity contribution in [2.75, 3.05) is 27.7 Å². The van der Waals surface area contributed by atoms with Gasteiger partial charge in [0.1, 0.15) is 0 Å². The van der Waals surface area contributed by atoms with E-state index in [-0.39, 0.29) is 29.3 Å². The fourth-order valence-electron chi connectivity index (χ4n) is 5.16. The number of hydrogen-bond donors (Lipinski definition) is 1. The second kappa shape index (κ2) is 9.76. The molecule has 1 aliphatic carbocycles. The minimum atomic E-state index is -0.188. The van der Waals surface area contributed by atoms with Crippen LogP contribution in [0.5, 0.6) is 0 Å². The highest BCUT2D eigenvalue weighted by Gasteiger charge is 2.41. The first-order chi connectivity index (χ1) is 14.4. The second-order valence-electron chi connectivity index (χ2n) is 9.01. The summed E-state index contributed by atoms with van der Waals surface area (Å²) in [5.74, 6) is 0.0999. The Hall–Kier alpha value is -2.17. The molecule has 0 unspecified atom stereocenters. The summed E-state index contributed by atoms with van der Waals surface area (Å²) in [5.41, 5.74) is 8.68. The highest BCUT2D eigenvalue weighted by atomic mass is 16.2. The van der Waals surface area contributed by atoms with Gasteiger partial charge in [-0.05, 0) is 56.8 Å². The van der Waals surface area contributed by atoms with Crippen molar-refractivity contribution >= 4 is 5.91 Å². The number of hydrogen-bond acceptors (Lipinski definition) is 3. The number of rotatable bonds is 7. The Balaban J connectivity index is 1.70. The van der Waals surface area contributed by atoms with Gasteiger partial charge in [0.05, 0.1) is 5.92 Å². The molecule has 2 aromatic carbocycles. The molecule has 0 aliphatic heterocycles. The van der Waals surface area contributed by atoms with E-state index in [2.05, 4.69) is 68.4 Å². The van der Waals surface area contributed by atoms with E-state index in [1.165, 1.54) is 11.1 Å². The SMILES string of the molecule is C[C@@H](c1ccccc1)[C@@H](CN)C(=O)N(C)C1CCC(c2ccccc2)(N(C)C)CC1. The topological polar surface area (TPSA) is 49.6 Å². The molecule has 2 aromatic rings. The van der Waals surface area contributed by atoms with Crippen LogP contribution in [-0.4, -0.2) is 49.4 Å². The second-order valence-corrected chi connectivity index (χ2v) is 9.01. The number of nitrogens with zero attached hydrogens (tertiary/aromatic N) is 2. The van der Waals surface area contributed by atoms with Crippen molar-refractivity contribution in [1.29, 1.82) is 0 Å². The lowest BCUT2D eigenvalue weighted by atomic mass is 9.73. The highest BCUT2D eigenvalue weighted by Crippen LogP contribution is 2.42. The molecule has 0 spiro atoms.